The highest BCUT2D eigenvalue weighted by molar-refractivity contribution is 7.93. The minimum absolute atomic E-state index is 0.436. The molecule has 19 heavy (non-hydrogen) atoms. The lowest BCUT2D eigenvalue weighted by Gasteiger charge is -2.21. The number of anilines is 2. The standard InChI is InChI=1S/C12H16N2O4S/c15-12(16)9-19(17,18)13-10-5-1-2-6-11(10)14-7-3-4-8-14/h1-2,5-6,13H,3-4,7-9H2,(H,15,16). The van der Waals surface area contributed by atoms with Crippen molar-refractivity contribution in [3.05, 3.63) is 24.3 Å². The number of sulfonamides is 1. The largest absolute Gasteiger partial charge is 0.480 e. The van der Waals surface area contributed by atoms with Gasteiger partial charge >= 0.3 is 5.97 Å². The number of nitrogens with one attached hydrogen (secondary N) is 1. The van der Waals surface area contributed by atoms with Crippen molar-refractivity contribution >= 4 is 27.4 Å². The lowest BCUT2D eigenvalue weighted by molar-refractivity contribution is -0.134. The Kier molecular flexibility index (Phi) is 3.94. The Morgan fingerprint density at radius 2 is 1.89 bits per heavy atom. The smallest absolute Gasteiger partial charge is 0.320 e. The van der Waals surface area contributed by atoms with Gasteiger partial charge in [-0.1, -0.05) is 12.1 Å². The first-order valence-corrected chi connectivity index (χ1v) is 7.69. The Balaban J connectivity index is 2.22. The Labute approximate surface area is 112 Å². The minimum Gasteiger partial charge on any atom is -0.480 e. The maximum atomic E-state index is 11.7. The number of rotatable bonds is 5. The van der Waals surface area contributed by atoms with Crippen molar-refractivity contribution in [3.8, 4) is 0 Å². The average Bonchev–Trinajstić information content (AvgIpc) is 2.80. The van der Waals surface area contributed by atoms with Gasteiger partial charge in [-0.3, -0.25) is 9.52 Å². The molecule has 0 aromatic heterocycles. The number of aliphatic carboxylic acids is 1. The minimum atomic E-state index is -3.86. The van der Waals surface area contributed by atoms with Gasteiger partial charge in [-0.15, -0.1) is 0 Å². The molecule has 1 fully saturated rings. The van der Waals surface area contributed by atoms with Crippen LogP contribution in [0.4, 0.5) is 11.4 Å². The highest BCUT2D eigenvalue weighted by atomic mass is 32.2. The molecule has 0 radical (unpaired) electrons. The molecule has 2 N–H and O–H groups in total. The molecule has 7 heteroatoms. The summed E-state index contributed by atoms with van der Waals surface area (Å²) in [5.41, 5.74) is 1.24. The van der Waals surface area contributed by atoms with E-state index in [1.54, 1.807) is 12.1 Å². The second kappa shape index (κ2) is 5.48. The molecule has 0 bridgehead atoms. The number of hydrogen-bond acceptors (Lipinski definition) is 4. The van der Waals surface area contributed by atoms with E-state index < -0.39 is 21.7 Å². The van der Waals surface area contributed by atoms with Crippen molar-refractivity contribution in [2.24, 2.45) is 0 Å². The van der Waals surface area contributed by atoms with Gasteiger partial charge in [0.05, 0.1) is 11.4 Å². The van der Waals surface area contributed by atoms with Crippen LogP contribution in [-0.4, -0.2) is 38.3 Å². The highest BCUT2D eigenvalue weighted by Gasteiger charge is 2.20. The van der Waals surface area contributed by atoms with Crippen LogP contribution in [0, 0.1) is 0 Å². The van der Waals surface area contributed by atoms with Gasteiger partial charge in [0.15, 0.2) is 5.75 Å². The van der Waals surface area contributed by atoms with E-state index in [1.807, 2.05) is 12.1 Å². The zero-order valence-corrected chi connectivity index (χ0v) is 11.2. The monoisotopic (exact) mass is 284 g/mol. The number of benzene rings is 1. The van der Waals surface area contributed by atoms with Gasteiger partial charge < -0.3 is 10.0 Å². The zero-order valence-electron chi connectivity index (χ0n) is 10.4. The summed E-state index contributed by atoms with van der Waals surface area (Å²) in [4.78, 5) is 12.6. The summed E-state index contributed by atoms with van der Waals surface area (Å²) >= 11 is 0. The van der Waals surface area contributed by atoms with Crippen molar-refractivity contribution in [2.75, 3.05) is 28.5 Å². The van der Waals surface area contributed by atoms with E-state index in [-0.39, 0.29) is 0 Å². The van der Waals surface area contributed by atoms with Crippen LogP contribution in [0.3, 0.4) is 0 Å². The lowest BCUT2D eigenvalue weighted by Crippen LogP contribution is -2.25. The van der Waals surface area contributed by atoms with E-state index >= 15 is 0 Å². The molecule has 1 saturated heterocycles. The normalized spacial score (nSPS) is 15.5. The summed E-state index contributed by atoms with van der Waals surface area (Å²) < 4.78 is 25.7. The van der Waals surface area contributed by atoms with Crippen LogP contribution in [0.15, 0.2) is 24.3 Å². The molecule has 0 unspecified atom stereocenters. The van der Waals surface area contributed by atoms with Crippen molar-refractivity contribution < 1.29 is 18.3 Å². The third-order valence-corrected chi connectivity index (χ3v) is 4.09. The van der Waals surface area contributed by atoms with Crippen LogP contribution in [0.1, 0.15) is 12.8 Å². The van der Waals surface area contributed by atoms with E-state index in [4.69, 9.17) is 5.11 Å². The molecule has 6 nitrogen and oxygen atoms in total. The van der Waals surface area contributed by atoms with Crippen molar-refractivity contribution in [3.63, 3.8) is 0 Å². The van der Waals surface area contributed by atoms with Crippen LogP contribution in [0.2, 0.25) is 0 Å². The molecular weight excluding hydrogens is 268 g/mol. The topological polar surface area (TPSA) is 86.7 Å². The molecule has 0 saturated carbocycles. The van der Waals surface area contributed by atoms with Crippen LogP contribution in [0.5, 0.6) is 0 Å². The van der Waals surface area contributed by atoms with Gasteiger partial charge in [0, 0.05) is 13.1 Å². The molecule has 1 aromatic rings. The molecule has 104 valence electrons. The van der Waals surface area contributed by atoms with Gasteiger partial charge in [0.25, 0.3) is 0 Å². The number of carbonyl (C=O) groups is 1. The van der Waals surface area contributed by atoms with Gasteiger partial charge in [-0.25, -0.2) is 8.42 Å². The molecule has 2 rings (SSSR count). The molecule has 0 spiro atoms. The van der Waals surface area contributed by atoms with Crippen LogP contribution in [0.25, 0.3) is 0 Å². The third-order valence-electron chi connectivity index (χ3n) is 2.93. The zero-order chi connectivity index (χ0) is 13.9. The van der Waals surface area contributed by atoms with Crippen LogP contribution >= 0.6 is 0 Å². The van der Waals surface area contributed by atoms with Crippen molar-refractivity contribution in [2.45, 2.75) is 12.8 Å². The van der Waals surface area contributed by atoms with Gasteiger partial charge in [0.1, 0.15) is 0 Å². The van der Waals surface area contributed by atoms with E-state index in [2.05, 4.69) is 9.62 Å². The average molecular weight is 284 g/mol. The number of nitrogens with zero attached hydrogens (tertiary/aromatic N) is 1. The molecule has 0 amide bonds. The fraction of sp³-hybridized carbons (Fsp3) is 0.417. The predicted molar refractivity (Wildman–Crippen MR) is 72.9 cm³/mol. The van der Waals surface area contributed by atoms with Crippen molar-refractivity contribution in [1.29, 1.82) is 0 Å². The first-order chi connectivity index (χ1) is 8.98. The second-order valence-electron chi connectivity index (χ2n) is 4.47. The number of para-hydroxylation sites is 2. The molecule has 0 aliphatic carbocycles. The molecular formula is C12H16N2O4S. The van der Waals surface area contributed by atoms with Gasteiger partial charge in [0.2, 0.25) is 10.0 Å². The lowest BCUT2D eigenvalue weighted by atomic mass is 10.2. The van der Waals surface area contributed by atoms with Gasteiger partial charge in [-0.2, -0.15) is 0 Å². The van der Waals surface area contributed by atoms with Crippen LogP contribution in [-0.2, 0) is 14.8 Å². The summed E-state index contributed by atoms with van der Waals surface area (Å²) in [5.74, 6) is -2.30. The fourth-order valence-electron chi connectivity index (χ4n) is 2.16. The third kappa shape index (κ3) is 3.60. The number of carboxylic acid groups (broad SMARTS) is 1. The highest BCUT2D eigenvalue weighted by Crippen LogP contribution is 2.29. The second-order valence-corrected chi connectivity index (χ2v) is 6.19. The summed E-state index contributed by atoms with van der Waals surface area (Å²) in [5, 5.41) is 8.58. The Morgan fingerprint density at radius 3 is 2.53 bits per heavy atom. The summed E-state index contributed by atoms with van der Waals surface area (Å²) in [7, 11) is -3.86. The van der Waals surface area contributed by atoms with Gasteiger partial charge in [-0.05, 0) is 25.0 Å². The predicted octanol–water partition coefficient (Wildman–Crippen LogP) is 1.11. The molecule has 1 aliphatic heterocycles. The SMILES string of the molecule is O=C(O)CS(=O)(=O)Nc1ccccc1N1CCCC1. The summed E-state index contributed by atoms with van der Waals surface area (Å²) in [6, 6.07) is 7.04. The maximum absolute atomic E-state index is 11.7. The van der Waals surface area contributed by atoms with Crippen molar-refractivity contribution in [1.82, 2.24) is 0 Å². The van der Waals surface area contributed by atoms with E-state index in [1.165, 1.54) is 0 Å². The maximum Gasteiger partial charge on any atom is 0.320 e. The summed E-state index contributed by atoms with van der Waals surface area (Å²) in [6.45, 7) is 1.77. The number of carboxylic acids is 1. The summed E-state index contributed by atoms with van der Waals surface area (Å²) in [6.07, 6.45) is 2.16. The molecule has 1 aromatic carbocycles. The first kappa shape index (κ1) is 13.7. The quantitative estimate of drug-likeness (QED) is 0.846. The molecule has 1 heterocycles. The number of hydrogen-bond donors (Lipinski definition) is 2. The van der Waals surface area contributed by atoms with E-state index in [0.29, 0.717) is 5.69 Å². The first-order valence-electron chi connectivity index (χ1n) is 6.04. The Hall–Kier alpha value is -1.76. The molecule has 1 aliphatic rings. The van der Waals surface area contributed by atoms with E-state index in [0.717, 1.165) is 31.6 Å². The molecule has 0 atom stereocenters. The fourth-order valence-corrected chi connectivity index (χ4v) is 3.06. The Morgan fingerprint density at radius 1 is 1.26 bits per heavy atom. The van der Waals surface area contributed by atoms with E-state index in [9.17, 15) is 13.2 Å². The Bertz CT molecular complexity index is 565. The van der Waals surface area contributed by atoms with Crippen LogP contribution < -0.4 is 9.62 Å².